The summed E-state index contributed by atoms with van der Waals surface area (Å²) in [5, 5.41) is 21.8. The second-order valence-corrected chi connectivity index (χ2v) is 27.0. The quantitative estimate of drug-likeness (QED) is 0.0157. The van der Waals surface area contributed by atoms with Crippen molar-refractivity contribution >= 4 is 39.6 Å². The Morgan fingerprint density at radius 1 is 0.896 bits per heavy atom. The molecule has 2 unspecified atom stereocenters. The zero-order valence-electron chi connectivity index (χ0n) is 45.7. The monoisotopic (exact) mass is 1090 g/mol. The van der Waals surface area contributed by atoms with Gasteiger partial charge in [-0.2, -0.15) is 15.2 Å². The predicted octanol–water partition coefficient (Wildman–Crippen LogP) is 11.2. The van der Waals surface area contributed by atoms with Gasteiger partial charge in [0.25, 0.3) is 14.2 Å². The first-order valence-electron chi connectivity index (χ1n) is 25.5. The van der Waals surface area contributed by atoms with E-state index < -0.39 is 58.0 Å². The van der Waals surface area contributed by atoms with Crippen molar-refractivity contribution in [3.05, 3.63) is 130 Å². The number of rotatable bonds is 23. The van der Waals surface area contributed by atoms with E-state index in [9.17, 15) is 15.4 Å². The van der Waals surface area contributed by atoms with E-state index >= 15 is 0 Å². The molecule has 8 rings (SSSR count). The molecule has 0 bridgehead atoms. The lowest BCUT2D eigenvalue weighted by Gasteiger charge is -2.42. The van der Waals surface area contributed by atoms with E-state index in [-0.39, 0.29) is 83.5 Å². The number of ether oxygens (including phenoxy) is 7. The van der Waals surface area contributed by atoms with Crippen LogP contribution in [0.4, 0.5) is 11.6 Å². The Labute approximate surface area is 451 Å². The van der Waals surface area contributed by atoms with Crippen LogP contribution in [0.1, 0.15) is 96.4 Å². The highest BCUT2D eigenvalue weighted by Crippen LogP contribution is 2.53. The maximum atomic E-state index is 12.4. The SMILES string of the molecule is COc1ccc(C(OC[C@H]2O[C@@H](n3cnc4c(OC(C)c5cc6c(cc5[N+](=O)[O-])OCO6)nc(N)nc43)[C@H](O[Si](C)(C)C(C)(C)C)[C@@H]2OP(OCCC#N)N(C(C)C)C(C)C)(c2ccccc2)c2ccc(OC)cc2)cc1. The Morgan fingerprint density at radius 2 is 1.49 bits per heavy atom. The van der Waals surface area contributed by atoms with Gasteiger partial charge < -0.3 is 52.4 Å². The molecule has 6 atom stereocenters. The van der Waals surface area contributed by atoms with Gasteiger partial charge in [-0.1, -0.05) is 75.4 Å². The van der Waals surface area contributed by atoms with Crippen LogP contribution in [0.2, 0.25) is 18.1 Å². The van der Waals surface area contributed by atoms with Crippen molar-refractivity contribution in [2.75, 3.05) is 40.0 Å². The van der Waals surface area contributed by atoms with E-state index in [1.54, 1.807) is 32.0 Å². The third-order valence-corrected chi connectivity index (χ3v) is 20.8. The van der Waals surface area contributed by atoms with Gasteiger partial charge in [0, 0.05) is 12.1 Å². The zero-order chi connectivity index (χ0) is 55.4. The van der Waals surface area contributed by atoms with Crippen molar-refractivity contribution in [2.45, 2.75) is 128 Å². The van der Waals surface area contributed by atoms with Gasteiger partial charge in [0.05, 0.1) is 62.8 Å². The minimum atomic E-state index is -2.76. The lowest BCUT2D eigenvalue weighted by molar-refractivity contribution is -0.386. The zero-order valence-corrected chi connectivity index (χ0v) is 47.6. The van der Waals surface area contributed by atoms with E-state index in [2.05, 4.69) is 77.3 Å². The second kappa shape index (κ2) is 23.6. The first-order valence-corrected chi connectivity index (χ1v) is 29.6. The Balaban J connectivity index is 1.29. The molecule has 0 radical (unpaired) electrons. The molecule has 2 N–H and O–H groups in total. The summed E-state index contributed by atoms with van der Waals surface area (Å²) in [6, 6.07) is 30.5. The number of fused-ring (bicyclic) bond motifs is 2. The predicted molar refractivity (Wildman–Crippen MR) is 292 cm³/mol. The fraction of sp³-hybridized carbons (Fsp3) is 0.455. The highest BCUT2D eigenvalue weighted by atomic mass is 31.2. The Kier molecular flexibility index (Phi) is 17.4. The highest BCUT2D eigenvalue weighted by Gasteiger charge is 2.55. The molecule has 410 valence electrons. The number of imidazole rings is 1. The summed E-state index contributed by atoms with van der Waals surface area (Å²) in [5.41, 5.74) is 8.16. The van der Waals surface area contributed by atoms with Crippen molar-refractivity contribution < 1.29 is 51.6 Å². The van der Waals surface area contributed by atoms with Gasteiger partial charge in [-0.3, -0.25) is 14.7 Å². The average molecular weight is 1090 g/mol. The van der Waals surface area contributed by atoms with Crippen LogP contribution >= 0.6 is 8.53 Å². The molecule has 77 heavy (non-hydrogen) atoms. The third-order valence-electron chi connectivity index (χ3n) is 14.2. The number of anilines is 1. The van der Waals surface area contributed by atoms with Crippen LogP contribution in [0.25, 0.3) is 11.2 Å². The summed E-state index contributed by atoms with van der Waals surface area (Å²) >= 11 is 0. The molecule has 1 saturated heterocycles. The maximum absolute atomic E-state index is 12.4. The van der Waals surface area contributed by atoms with Crippen LogP contribution in [0.15, 0.2) is 97.3 Å². The maximum Gasteiger partial charge on any atom is 0.280 e. The number of nitrogens with zero attached hydrogens (tertiary/aromatic N) is 7. The van der Waals surface area contributed by atoms with Crippen molar-refractivity contribution in [3.63, 3.8) is 0 Å². The first-order chi connectivity index (χ1) is 36.7. The topological polar surface area (TPSA) is 232 Å². The van der Waals surface area contributed by atoms with Gasteiger partial charge in [-0.25, -0.2) is 9.65 Å². The standard InChI is InChI=1S/C55H69N8O12PSi/c1-34(2)62(35(3)4)76(71-28-16-27-56)74-48-46(31-70-55(37-17-14-13-15-18-37,38-19-23-40(66-9)24-20-38)39-21-25-41(67-10)26-22-39)73-52(49(48)75-77(11,12)54(6,7)8)61-32-58-47-50(61)59-53(57)60-51(47)72-36(5)42-29-44-45(69-33-68-44)30-43(42)63(64)65/h13-15,17-26,29-30,32,34-36,46,48-49,52H,16,28,31,33H2,1-12H3,(H2,57,59,60)/t36?,46-,48-,49-,52-,76?/m1/s1. The lowest BCUT2D eigenvalue weighted by Crippen LogP contribution is -2.50. The molecule has 4 aromatic carbocycles. The van der Waals surface area contributed by atoms with Crippen LogP contribution in [0.5, 0.6) is 28.9 Å². The summed E-state index contributed by atoms with van der Waals surface area (Å²) in [7, 11) is -1.40. The minimum absolute atomic E-state index is 0.0243. The van der Waals surface area contributed by atoms with Crippen molar-refractivity contribution in [1.82, 2.24) is 24.2 Å². The summed E-state index contributed by atoms with van der Waals surface area (Å²) in [4.78, 5) is 25.9. The molecule has 2 aliphatic rings. The van der Waals surface area contributed by atoms with Gasteiger partial charge in [-0.15, -0.1) is 0 Å². The van der Waals surface area contributed by atoms with Crippen LogP contribution in [-0.2, 0) is 28.5 Å². The number of hydrogen-bond acceptors (Lipinski definition) is 18. The molecular weight excluding hydrogens is 1020 g/mol. The summed E-state index contributed by atoms with van der Waals surface area (Å²) < 4.78 is 69.2. The van der Waals surface area contributed by atoms with Crippen molar-refractivity contribution in [3.8, 4) is 34.9 Å². The molecule has 20 nitrogen and oxygen atoms in total. The van der Waals surface area contributed by atoms with E-state index in [1.165, 1.54) is 12.1 Å². The third kappa shape index (κ3) is 11.9. The van der Waals surface area contributed by atoms with Crippen molar-refractivity contribution in [1.29, 1.82) is 5.26 Å². The van der Waals surface area contributed by atoms with E-state index in [1.807, 2.05) is 78.9 Å². The number of benzene rings is 4. The molecular formula is C55H69N8O12PSi. The van der Waals surface area contributed by atoms with Gasteiger partial charge in [0.1, 0.15) is 41.5 Å². The number of nitro groups is 1. The van der Waals surface area contributed by atoms with Crippen LogP contribution in [-0.4, -0.2) is 102 Å². The van der Waals surface area contributed by atoms with Gasteiger partial charge in [0.15, 0.2) is 37.2 Å². The second-order valence-electron chi connectivity index (χ2n) is 20.8. The minimum Gasteiger partial charge on any atom is -0.497 e. The largest absolute Gasteiger partial charge is 0.497 e. The lowest BCUT2D eigenvalue weighted by atomic mass is 9.80. The molecule has 22 heteroatoms. The fourth-order valence-corrected chi connectivity index (χ4v) is 12.4. The van der Waals surface area contributed by atoms with Crippen LogP contribution < -0.4 is 29.4 Å². The Hall–Kier alpha value is -6.47. The number of nitrogen functional groups attached to an aromatic ring is 1. The molecule has 2 aromatic heterocycles. The number of hydrogen-bond donors (Lipinski definition) is 1. The summed E-state index contributed by atoms with van der Waals surface area (Å²) in [6.45, 7) is 20.7. The van der Waals surface area contributed by atoms with Crippen molar-refractivity contribution in [2.24, 2.45) is 0 Å². The first kappa shape index (κ1) is 56.7. The van der Waals surface area contributed by atoms with E-state index in [0.717, 1.165) is 16.7 Å². The van der Waals surface area contributed by atoms with E-state index in [4.69, 9.17) is 62.3 Å². The number of methoxy groups -OCH3 is 2. The molecule has 0 spiro atoms. The Bertz CT molecular complexity index is 2970. The highest BCUT2D eigenvalue weighted by molar-refractivity contribution is 7.44. The molecule has 0 saturated carbocycles. The van der Waals surface area contributed by atoms with Gasteiger partial charge in [0.2, 0.25) is 18.6 Å². The Morgan fingerprint density at radius 3 is 2.05 bits per heavy atom. The summed E-state index contributed by atoms with van der Waals surface area (Å²) in [6.07, 6.45) is -2.91. The molecule has 0 aliphatic carbocycles. The molecule has 4 heterocycles. The fourth-order valence-electron chi connectivity index (χ4n) is 9.35. The molecule has 6 aromatic rings. The van der Waals surface area contributed by atoms with Gasteiger partial charge in [-0.05, 0) is 99.8 Å². The number of nitriles is 1. The smallest absolute Gasteiger partial charge is 0.280 e. The molecule has 1 fully saturated rings. The molecule has 2 aliphatic heterocycles. The van der Waals surface area contributed by atoms with Crippen LogP contribution in [0, 0.1) is 21.4 Å². The number of aromatic nitrogens is 4. The number of nitrogens with two attached hydrogens (primary N) is 1. The molecule has 0 amide bonds. The number of nitro benzene ring substituents is 1. The van der Waals surface area contributed by atoms with Crippen LogP contribution in [0.3, 0.4) is 0 Å². The normalized spacial score (nSPS) is 18.5. The summed E-state index contributed by atoms with van der Waals surface area (Å²) in [5.74, 6) is 1.77. The van der Waals surface area contributed by atoms with Gasteiger partial charge >= 0.3 is 0 Å². The average Bonchev–Trinajstić information content (AvgIpc) is 4.13. The van der Waals surface area contributed by atoms with E-state index in [0.29, 0.717) is 17.2 Å².